The van der Waals surface area contributed by atoms with Gasteiger partial charge in [-0.05, 0) is 54.8 Å². The summed E-state index contributed by atoms with van der Waals surface area (Å²) in [6.45, 7) is 11.9. The molecule has 0 fully saturated rings. The zero-order chi connectivity index (χ0) is 19.4. The summed E-state index contributed by atoms with van der Waals surface area (Å²) in [5, 5.41) is 11.9. The minimum Gasteiger partial charge on any atom is -0.508 e. The average molecular weight is 345 g/mol. The normalized spacial score (nSPS) is 9.08. The van der Waals surface area contributed by atoms with Crippen LogP contribution < -0.4 is 10.1 Å². The Morgan fingerprint density at radius 2 is 1.48 bits per heavy atom. The smallest absolute Gasteiger partial charge is 0.224 e. The summed E-state index contributed by atoms with van der Waals surface area (Å²) in [4.78, 5) is 11.4. The number of amides is 1. The Balaban J connectivity index is 0.00000134. The second kappa shape index (κ2) is 12.0. The Morgan fingerprint density at radius 1 is 1.00 bits per heavy atom. The molecule has 2 N–H and O–H groups in total. The maximum absolute atomic E-state index is 11.4. The average Bonchev–Trinajstić information content (AvgIpc) is 2.63. The number of carbonyl (C=O) groups is 1. The van der Waals surface area contributed by atoms with Crippen molar-refractivity contribution in [1.82, 2.24) is 5.32 Å². The number of aromatic hydroxyl groups is 1. The van der Waals surface area contributed by atoms with Crippen molar-refractivity contribution in [2.45, 2.75) is 48.0 Å². The summed E-state index contributed by atoms with van der Waals surface area (Å²) in [6.07, 6.45) is 0.359. The minimum atomic E-state index is -0.0130. The van der Waals surface area contributed by atoms with Crippen LogP contribution in [0.2, 0.25) is 0 Å². The summed E-state index contributed by atoms with van der Waals surface area (Å²) in [7, 11) is 1.63. The number of benzene rings is 2. The Kier molecular flexibility index (Phi) is 10.8. The van der Waals surface area contributed by atoms with Gasteiger partial charge in [0.25, 0.3) is 0 Å². The van der Waals surface area contributed by atoms with Crippen molar-refractivity contribution in [1.29, 1.82) is 0 Å². The molecule has 1 amide bonds. The summed E-state index contributed by atoms with van der Waals surface area (Å²) in [6, 6.07) is 10.5. The standard InChI is InChI=1S/C17H19NO3.2C2H6/c1-11-8-13(10-16(20)18-3)9-12(2)17(11)21-15-6-4-14(19)5-7-15;2*1-2/h4-9,19H,10H2,1-3H3,(H,18,20);2*1-2H3. The van der Waals surface area contributed by atoms with Gasteiger partial charge in [-0.3, -0.25) is 4.79 Å². The maximum Gasteiger partial charge on any atom is 0.224 e. The summed E-state index contributed by atoms with van der Waals surface area (Å²) < 4.78 is 5.87. The van der Waals surface area contributed by atoms with E-state index in [9.17, 15) is 9.90 Å². The van der Waals surface area contributed by atoms with Crippen LogP contribution in [0.15, 0.2) is 36.4 Å². The van der Waals surface area contributed by atoms with Crippen molar-refractivity contribution < 1.29 is 14.6 Å². The number of aryl methyl sites for hydroxylation is 2. The van der Waals surface area contributed by atoms with Crippen LogP contribution in [-0.2, 0) is 11.2 Å². The van der Waals surface area contributed by atoms with Gasteiger partial charge in [-0.2, -0.15) is 0 Å². The van der Waals surface area contributed by atoms with E-state index in [1.165, 1.54) is 0 Å². The van der Waals surface area contributed by atoms with Crippen LogP contribution in [0.5, 0.6) is 17.2 Å². The highest BCUT2D eigenvalue weighted by atomic mass is 16.5. The predicted molar refractivity (Wildman–Crippen MR) is 105 cm³/mol. The first kappa shape index (κ1) is 22.5. The number of hydrogen-bond donors (Lipinski definition) is 2. The van der Waals surface area contributed by atoms with Gasteiger partial charge in [0.1, 0.15) is 17.2 Å². The number of phenolic OH excluding ortho intramolecular Hbond substituents is 1. The van der Waals surface area contributed by atoms with Crippen molar-refractivity contribution in [3.8, 4) is 17.2 Å². The Hall–Kier alpha value is -2.49. The van der Waals surface area contributed by atoms with Crippen LogP contribution in [-0.4, -0.2) is 18.1 Å². The molecule has 4 nitrogen and oxygen atoms in total. The molecular weight excluding hydrogens is 314 g/mol. The second-order valence-corrected chi connectivity index (χ2v) is 5.00. The van der Waals surface area contributed by atoms with E-state index < -0.39 is 0 Å². The topological polar surface area (TPSA) is 58.6 Å². The van der Waals surface area contributed by atoms with Crippen LogP contribution in [0.25, 0.3) is 0 Å². The molecule has 0 radical (unpaired) electrons. The van der Waals surface area contributed by atoms with Gasteiger partial charge in [0, 0.05) is 7.05 Å². The Morgan fingerprint density at radius 3 is 1.92 bits per heavy atom. The van der Waals surface area contributed by atoms with Crippen molar-refractivity contribution in [2.24, 2.45) is 0 Å². The zero-order valence-electron chi connectivity index (χ0n) is 16.4. The van der Waals surface area contributed by atoms with E-state index >= 15 is 0 Å². The molecule has 0 aliphatic carbocycles. The summed E-state index contributed by atoms with van der Waals surface area (Å²) in [5.74, 6) is 1.64. The summed E-state index contributed by atoms with van der Waals surface area (Å²) in [5.41, 5.74) is 2.91. The number of nitrogens with one attached hydrogen (secondary N) is 1. The van der Waals surface area contributed by atoms with Crippen molar-refractivity contribution >= 4 is 5.91 Å². The van der Waals surface area contributed by atoms with E-state index in [4.69, 9.17) is 4.74 Å². The highest BCUT2D eigenvalue weighted by Gasteiger charge is 2.10. The van der Waals surface area contributed by atoms with Gasteiger partial charge in [0.05, 0.1) is 6.42 Å². The van der Waals surface area contributed by atoms with E-state index in [-0.39, 0.29) is 11.7 Å². The Labute approximate surface area is 151 Å². The predicted octanol–water partition coefficient (Wildman–Crippen LogP) is 5.14. The van der Waals surface area contributed by atoms with Gasteiger partial charge in [0.2, 0.25) is 5.91 Å². The van der Waals surface area contributed by atoms with Crippen LogP contribution in [0.1, 0.15) is 44.4 Å². The molecule has 0 heterocycles. The number of carbonyl (C=O) groups excluding carboxylic acids is 1. The van der Waals surface area contributed by atoms with Crippen LogP contribution in [0.4, 0.5) is 0 Å². The molecule has 0 aliphatic heterocycles. The van der Waals surface area contributed by atoms with E-state index in [0.717, 1.165) is 22.4 Å². The van der Waals surface area contributed by atoms with Gasteiger partial charge in [-0.1, -0.05) is 39.8 Å². The fraction of sp³-hybridized carbons (Fsp3) is 0.381. The first-order chi connectivity index (χ1) is 12.0. The molecule has 0 spiro atoms. The van der Waals surface area contributed by atoms with Crippen molar-refractivity contribution in [3.63, 3.8) is 0 Å². The lowest BCUT2D eigenvalue weighted by atomic mass is 10.0. The quantitative estimate of drug-likeness (QED) is 0.806. The molecule has 2 rings (SSSR count). The molecule has 4 heteroatoms. The monoisotopic (exact) mass is 345 g/mol. The van der Waals surface area contributed by atoms with Crippen LogP contribution >= 0.6 is 0 Å². The number of rotatable bonds is 4. The molecule has 25 heavy (non-hydrogen) atoms. The van der Waals surface area contributed by atoms with E-state index in [2.05, 4.69) is 5.32 Å². The van der Waals surface area contributed by atoms with E-state index in [1.54, 1.807) is 31.3 Å². The first-order valence-electron chi connectivity index (χ1n) is 8.77. The highest BCUT2D eigenvalue weighted by molar-refractivity contribution is 5.78. The molecule has 0 atom stereocenters. The molecule has 0 saturated carbocycles. The molecule has 138 valence electrons. The second-order valence-electron chi connectivity index (χ2n) is 5.00. The maximum atomic E-state index is 11.4. The lowest BCUT2D eigenvalue weighted by Crippen LogP contribution is -2.20. The van der Waals surface area contributed by atoms with Crippen molar-refractivity contribution in [2.75, 3.05) is 7.05 Å². The van der Waals surface area contributed by atoms with Crippen LogP contribution in [0, 0.1) is 13.8 Å². The third-order valence-corrected chi connectivity index (χ3v) is 3.22. The van der Waals surface area contributed by atoms with Gasteiger partial charge in [0.15, 0.2) is 0 Å². The molecule has 2 aromatic carbocycles. The SMILES string of the molecule is CC.CC.CNC(=O)Cc1cc(C)c(Oc2ccc(O)cc2)c(C)c1. The van der Waals surface area contributed by atoms with Gasteiger partial charge >= 0.3 is 0 Å². The number of hydrogen-bond acceptors (Lipinski definition) is 3. The largest absolute Gasteiger partial charge is 0.508 e. The molecule has 0 aliphatic rings. The fourth-order valence-corrected chi connectivity index (χ4v) is 2.21. The molecule has 0 bridgehead atoms. The molecule has 0 unspecified atom stereocenters. The van der Waals surface area contributed by atoms with E-state index in [1.807, 2.05) is 53.7 Å². The van der Waals surface area contributed by atoms with Gasteiger partial charge in [-0.15, -0.1) is 0 Å². The number of phenols is 1. The van der Waals surface area contributed by atoms with Gasteiger partial charge in [-0.25, -0.2) is 0 Å². The third-order valence-electron chi connectivity index (χ3n) is 3.22. The van der Waals surface area contributed by atoms with Crippen molar-refractivity contribution in [3.05, 3.63) is 53.1 Å². The first-order valence-corrected chi connectivity index (χ1v) is 8.77. The van der Waals surface area contributed by atoms with E-state index in [0.29, 0.717) is 12.2 Å². The Bertz CT molecular complexity index is 626. The zero-order valence-corrected chi connectivity index (χ0v) is 16.4. The minimum absolute atomic E-state index is 0.0130. The highest BCUT2D eigenvalue weighted by Crippen LogP contribution is 2.30. The number of ether oxygens (including phenoxy) is 1. The van der Waals surface area contributed by atoms with Gasteiger partial charge < -0.3 is 15.2 Å². The summed E-state index contributed by atoms with van der Waals surface area (Å²) >= 11 is 0. The number of likely N-dealkylation sites (N-methyl/N-ethyl adjacent to an activating group) is 1. The molecule has 0 aromatic heterocycles. The van der Waals surface area contributed by atoms with Crippen LogP contribution in [0.3, 0.4) is 0 Å². The fourth-order valence-electron chi connectivity index (χ4n) is 2.21. The third kappa shape index (κ3) is 7.29. The molecular formula is C21H31NO3. The molecule has 0 saturated heterocycles. The molecule has 2 aromatic rings. The lowest BCUT2D eigenvalue weighted by molar-refractivity contribution is -0.119. The lowest BCUT2D eigenvalue weighted by Gasteiger charge is -2.14.